The Morgan fingerprint density at radius 2 is 2.31 bits per heavy atom. The van der Waals surface area contributed by atoms with E-state index >= 15 is 0 Å². The van der Waals surface area contributed by atoms with Crippen LogP contribution in [0.2, 0.25) is 0 Å². The third kappa shape index (κ3) is 0.891. The Labute approximate surface area is 78.6 Å². The van der Waals surface area contributed by atoms with E-state index in [9.17, 15) is 4.79 Å². The normalized spacial score (nSPS) is 41.5. The van der Waals surface area contributed by atoms with Gasteiger partial charge in [0.15, 0.2) is 0 Å². The third-order valence-corrected chi connectivity index (χ3v) is 4.47. The minimum absolute atomic E-state index is 0.0868. The maximum Gasteiger partial charge on any atom is 0.142 e. The molecule has 0 radical (unpaired) electrons. The zero-order valence-electron chi connectivity index (χ0n) is 8.30. The Morgan fingerprint density at radius 1 is 1.62 bits per heavy atom. The predicted molar refractivity (Wildman–Crippen MR) is 48.7 cm³/mol. The highest BCUT2D eigenvalue weighted by molar-refractivity contribution is 5.89. The monoisotopic (exact) mass is 183 g/mol. The molecule has 2 fully saturated rings. The molecule has 0 heterocycles. The van der Waals surface area contributed by atoms with Gasteiger partial charge in [-0.3, -0.25) is 4.79 Å². The Balaban J connectivity index is 2.37. The maximum absolute atomic E-state index is 11.8. The summed E-state index contributed by atoms with van der Waals surface area (Å²) in [4.78, 5) is 16.6. The van der Waals surface area contributed by atoms with Gasteiger partial charge in [0.2, 0.25) is 0 Å². The van der Waals surface area contributed by atoms with Gasteiger partial charge in [-0.15, -0.1) is 0 Å². The largest absolute Gasteiger partial charge is 0.304 e. The van der Waals surface area contributed by atoms with Gasteiger partial charge >= 0.3 is 0 Å². The lowest BCUT2D eigenvalue weighted by Crippen LogP contribution is -2.41. The average molecular weight is 183 g/mol. The van der Waals surface area contributed by atoms with E-state index in [-0.39, 0.29) is 10.8 Å². The molecule has 0 aromatic carbocycles. The first-order chi connectivity index (χ1) is 6.04. The van der Waals surface area contributed by atoms with E-state index in [0.29, 0.717) is 18.3 Å². The van der Waals surface area contributed by atoms with Crippen molar-refractivity contribution in [3.63, 3.8) is 0 Å². The minimum Gasteiger partial charge on any atom is -0.304 e. The van der Waals surface area contributed by atoms with E-state index in [2.05, 4.69) is 13.8 Å². The van der Waals surface area contributed by atoms with Gasteiger partial charge in [0.05, 0.1) is 12.0 Å². The van der Waals surface area contributed by atoms with Crippen molar-refractivity contribution in [1.29, 1.82) is 0 Å². The summed E-state index contributed by atoms with van der Waals surface area (Å²) < 4.78 is 0. The van der Waals surface area contributed by atoms with E-state index < -0.39 is 0 Å². The zero-order chi connectivity index (χ0) is 9.69. The number of carbonyl (C=O) groups excluding carboxylic acids is 1. The second kappa shape index (κ2) is 2.55. The van der Waals surface area contributed by atoms with E-state index in [1.165, 1.54) is 0 Å². The lowest BCUT2D eigenvalue weighted by molar-refractivity contribution is -0.134. The van der Waals surface area contributed by atoms with Gasteiger partial charge < -0.3 is 4.84 Å². The Hall–Kier alpha value is -0.410. The summed E-state index contributed by atoms with van der Waals surface area (Å²) in [5, 5.41) is 0. The van der Waals surface area contributed by atoms with E-state index in [4.69, 9.17) is 10.7 Å². The van der Waals surface area contributed by atoms with Crippen LogP contribution in [0.15, 0.2) is 0 Å². The molecule has 0 spiro atoms. The molecule has 0 amide bonds. The number of rotatable bonds is 2. The second-order valence-corrected chi connectivity index (χ2v) is 4.98. The van der Waals surface area contributed by atoms with Crippen molar-refractivity contribution >= 4 is 5.78 Å². The van der Waals surface area contributed by atoms with Crippen molar-refractivity contribution in [2.45, 2.75) is 33.1 Å². The molecule has 0 aliphatic heterocycles. The highest BCUT2D eigenvalue weighted by Gasteiger charge is 2.64. The molecule has 2 saturated carbocycles. The van der Waals surface area contributed by atoms with Crippen LogP contribution in [0, 0.1) is 16.7 Å². The standard InChI is InChI=1S/C10H17NO2/c1-9(2)7-3-4-10(9,6-13-11)8(12)5-7/h7H,3-6,11H2,1-2H3. The molecule has 0 aromatic rings. The van der Waals surface area contributed by atoms with Crippen molar-refractivity contribution in [2.75, 3.05) is 6.61 Å². The topological polar surface area (TPSA) is 52.3 Å². The summed E-state index contributed by atoms with van der Waals surface area (Å²) in [6.07, 6.45) is 2.85. The van der Waals surface area contributed by atoms with E-state index in [1.807, 2.05) is 0 Å². The van der Waals surface area contributed by atoms with Crippen LogP contribution < -0.4 is 5.90 Å². The minimum atomic E-state index is -0.271. The molecule has 2 aliphatic carbocycles. The average Bonchev–Trinajstić information content (AvgIpc) is 2.38. The Bertz CT molecular complexity index is 249. The van der Waals surface area contributed by atoms with Crippen LogP contribution in [-0.4, -0.2) is 12.4 Å². The molecule has 13 heavy (non-hydrogen) atoms. The number of Topliss-reactive ketones (excluding diaryl/α,β-unsaturated/α-hetero) is 1. The van der Waals surface area contributed by atoms with Crippen LogP contribution in [-0.2, 0) is 9.63 Å². The molecule has 0 saturated heterocycles. The van der Waals surface area contributed by atoms with Crippen molar-refractivity contribution in [3.8, 4) is 0 Å². The zero-order valence-corrected chi connectivity index (χ0v) is 8.30. The third-order valence-electron chi connectivity index (χ3n) is 4.47. The summed E-state index contributed by atoms with van der Waals surface area (Å²) in [7, 11) is 0. The molecule has 2 aliphatic rings. The molecule has 2 unspecified atom stereocenters. The SMILES string of the molecule is CC1(C)C2CCC1(CON)C(=O)C2. The van der Waals surface area contributed by atoms with Gasteiger partial charge in [-0.25, -0.2) is 5.90 Å². The van der Waals surface area contributed by atoms with Crippen molar-refractivity contribution < 1.29 is 9.63 Å². The summed E-state index contributed by atoms with van der Waals surface area (Å²) in [6, 6.07) is 0. The van der Waals surface area contributed by atoms with Gasteiger partial charge in [0.1, 0.15) is 5.78 Å². The molecule has 74 valence electrons. The van der Waals surface area contributed by atoms with Crippen molar-refractivity contribution in [2.24, 2.45) is 22.6 Å². The van der Waals surface area contributed by atoms with Crippen LogP contribution in [0.4, 0.5) is 0 Å². The first-order valence-corrected chi connectivity index (χ1v) is 4.89. The number of carbonyl (C=O) groups is 1. The van der Waals surface area contributed by atoms with Gasteiger partial charge in [-0.2, -0.15) is 0 Å². The smallest absolute Gasteiger partial charge is 0.142 e. The van der Waals surface area contributed by atoms with Crippen LogP contribution >= 0.6 is 0 Å². The van der Waals surface area contributed by atoms with Gasteiger partial charge in [0.25, 0.3) is 0 Å². The van der Waals surface area contributed by atoms with Crippen LogP contribution in [0.5, 0.6) is 0 Å². The predicted octanol–water partition coefficient (Wildman–Crippen LogP) is 1.27. The highest BCUT2D eigenvalue weighted by atomic mass is 16.6. The molecule has 2 N–H and O–H groups in total. The quantitative estimate of drug-likeness (QED) is 0.656. The summed E-state index contributed by atoms with van der Waals surface area (Å²) >= 11 is 0. The Kier molecular flexibility index (Phi) is 1.79. The Morgan fingerprint density at radius 3 is 2.69 bits per heavy atom. The van der Waals surface area contributed by atoms with Crippen LogP contribution in [0.25, 0.3) is 0 Å². The fraction of sp³-hybridized carbons (Fsp3) is 0.900. The van der Waals surface area contributed by atoms with Gasteiger partial charge in [-0.1, -0.05) is 13.8 Å². The van der Waals surface area contributed by atoms with Gasteiger partial charge in [-0.05, 0) is 24.2 Å². The highest BCUT2D eigenvalue weighted by Crippen LogP contribution is 2.63. The van der Waals surface area contributed by atoms with Crippen molar-refractivity contribution in [3.05, 3.63) is 0 Å². The molecule has 0 aromatic heterocycles. The second-order valence-electron chi connectivity index (χ2n) is 4.98. The molecule has 2 bridgehead atoms. The van der Waals surface area contributed by atoms with Crippen LogP contribution in [0.3, 0.4) is 0 Å². The first-order valence-electron chi connectivity index (χ1n) is 4.89. The fourth-order valence-corrected chi connectivity index (χ4v) is 3.25. The van der Waals surface area contributed by atoms with E-state index in [1.54, 1.807) is 0 Å². The lowest BCUT2D eigenvalue weighted by Gasteiger charge is -2.35. The molecule has 2 atom stereocenters. The number of hydrogen-bond donors (Lipinski definition) is 1. The summed E-state index contributed by atoms with van der Waals surface area (Å²) in [5.74, 6) is 6.03. The number of nitrogens with two attached hydrogens (primary N) is 1. The van der Waals surface area contributed by atoms with E-state index in [0.717, 1.165) is 19.3 Å². The lowest BCUT2D eigenvalue weighted by atomic mass is 9.69. The van der Waals surface area contributed by atoms with Gasteiger partial charge in [0, 0.05) is 6.42 Å². The summed E-state index contributed by atoms with van der Waals surface area (Å²) in [6.45, 7) is 4.75. The fourth-order valence-electron chi connectivity index (χ4n) is 3.25. The molecular formula is C10H17NO2. The number of fused-ring (bicyclic) bond motifs is 2. The molecule has 3 heteroatoms. The molecular weight excluding hydrogens is 166 g/mol. The molecule has 2 rings (SSSR count). The first kappa shape index (κ1) is 9.16. The summed E-state index contributed by atoms with van der Waals surface area (Å²) in [5.41, 5.74) is -0.185. The maximum atomic E-state index is 11.8. The number of ketones is 1. The van der Waals surface area contributed by atoms with Crippen LogP contribution in [0.1, 0.15) is 33.1 Å². The molecule has 3 nitrogen and oxygen atoms in total. The van der Waals surface area contributed by atoms with Crippen molar-refractivity contribution in [1.82, 2.24) is 0 Å². The number of hydrogen-bond acceptors (Lipinski definition) is 3.